The number of hydrogen-bond donors (Lipinski definition) is 0. The maximum absolute atomic E-state index is 12.9. The number of benzene rings is 1. The van der Waals surface area contributed by atoms with E-state index in [1.54, 1.807) is 35.4 Å². The Hall–Kier alpha value is -3.28. The molecule has 0 aliphatic carbocycles. The van der Waals surface area contributed by atoms with Crippen molar-refractivity contribution < 1.29 is 18.7 Å². The predicted molar refractivity (Wildman–Crippen MR) is 95.9 cm³/mol. The van der Waals surface area contributed by atoms with Crippen molar-refractivity contribution in [3.05, 3.63) is 78.5 Å². The fourth-order valence-corrected chi connectivity index (χ4v) is 2.64. The van der Waals surface area contributed by atoms with Crippen molar-refractivity contribution in [3.8, 4) is 5.69 Å². The fourth-order valence-electron chi connectivity index (χ4n) is 2.64. The number of aromatic nitrogens is 1. The predicted octanol–water partition coefficient (Wildman–Crippen LogP) is 3.28. The molecule has 2 heterocycles. The van der Waals surface area contributed by atoms with E-state index in [0.29, 0.717) is 17.9 Å². The van der Waals surface area contributed by atoms with E-state index in [9.17, 15) is 9.59 Å². The van der Waals surface area contributed by atoms with Crippen LogP contribution in [0.15, 0.2) is 71.6 Å². The molecule has 0 fully saturated rings. The molecule has 3 rings (SSSR count). The fraction of sp³-hybridized carbons (Fsp3) is 0.200. The molecule has 0 unspecified atom stereocenters. The number of hydrogen-bond acceptors (Lipinski definition) is 4. The zero-order chi connectivity index (χ0) is 18.4. The van der Waals surface area contributed by atoms with Crippen molar-refractivity contribution >= 4 is 11.9 Å². The summed E-state index contributed by atoms with van der Waals surface area (Å²) in [6, 6.07) is 14.8. The first-order chi connectivity index (χ1) is 12.7. The van der Waals surface area contributed by atoms with Crippen molar-refractivity contribution in [1.82, 2.24) is 9.47 Å². The Morgan fingerprint density at radius 2 is 1.81 bits per heavy atom. The lowest BCUT2D eigenvalue weighted by Crippen LogP contribution is -2.32. The molecule has 0 saturated carbocycles. The van der Waals surface area contributed by atoms with Gasteiger partial charge in [0, 0.05) is 30.2 Å². The maximum Gasteiger partial charge on any atom is 0.307 e. The first-order valence-corrected chi connectivity index (χ1v) is 8.29. The minimum absolute atomic E-state index is 0.129. The van der Waals surface area contributed by atoms with Crippen LogP contribution in [0.4, 0.5) is 0 Å². The van der Waals surface area contributed by atoms with Crippen LogP contribution in [-0.4, -0.2) is 35.0 Å². The van der Waals surface area contributed by atoms with Crippen LogP contribution in [0.1, 0.15) is 22.5 Å². The maximum atomic E-state index is 12.9. The van der Waals surface area contributed by atoms with E-state index in [1.807, 2.05) is 41.2 Å². The summed E-state index contributed by atoms with van der Waals surface area (Å²) >= 11 is 0. The average molecular weight is 352 g/mol. The Morgan fingerprint density at radius 3 is 2.42 bits per heavy atom. The lowest BCUT2D eigenvalue weighted by molar-refractivity contribution is -0.140. The number of carbonyl (C=O) groups is 2. The van der Waals surface area contributed by atoms with Gasteiger partial charge in [-0.25, -0.2) is 0 Å². The van der Waals surface area contributed by atoms with Gasteiger partial charge in [-0.3, -0.25) is 9.59 Å². The Bertz CT molecular complexity index is 837. The molecule has 134 valence electrons. The number of amides is 1. The topological polar surface area (TPSA) is 64.7 Å². The van der Waals surface area contributed by atoms with Gasteiger partial charge in [-0.1, -0.05) is 0 Å². The summed E-state index contributed by atoms with van der Waals surface area (Å²) in [5.41, 5.74) is 1.52. The molecule has 6 nitrogen and oxygen atoms in total. The smallest absolute Gasteiger partial charge is 0.307 e. The number of rotatable bonds is 7. The first-order valence-electron chi connectivity index (χ1n) is 8.29. The number of carbonyl (C=O) groups excluding carboxylic acids is 2. The highest BCUT2D eigenvalue weighted by atomic mass is 16.5. The standard InChI is InChI=1S/C20H20N2O4/c1-25-19(23)10-13-22(15-18-5-4-14-26-18)20(24)16-6-8-17(9-7-16)21-11-2-3-12-21/h2-9,11-12,14H,10,13,15H2,1H3. The van der Waals surface area contributed by atoms with E-state index < -0.39 is 0 Å². The highest BCUT2D eigenvalue weighted by Gasteiger charge is 2.18. The minimum atomic E-state index is -0.356. The Kier molecular flexibility index (Phi) is 5.53. The van der Waals surface area contributed by atoms with Gasteiger partial charge in [-0.15, -0.1) is 0 Å². The Labute approximate surface area is 151 Å². The zero-order valence-corrected chi connectivity index (χ0v) is 14.5. The van der Waals surface area contributed by atoms with Crippen LogP contribution in [0.2, 0.25) is 0 Å². The SMILES string of the molecule is COC(=O)CCN(Cc1ccco1)C(=O)c1ccc(-n2cccc2)cc1. The summed E-state index contributed by atoms with van der Waals surface area (Å²) in [6.07, 6.45) is 5.57. The van der Waals surface area contributed by atoms with Crippen LogP contribution >= 0.6 is 0 Å². The molecular formula is C20H20N2O4. The average Bonchev–Trinajstić information content (AvgIpc) is 3.38. The van der Waals surface area contributed by atoms with E-state index in [0.717, 1.165) is 5.69 Å². The van der Waals surface area contributed by atoms with Crippen molar-refractivity contribution in [2.24, 2.45) is 0 Å². The van der Waals surface area contributed by atoms with E-state index in [4.69, 9.17) is 4.42 Å². The molecule has 0 radical (unpaired) electrons. The number of methoxy groups -OCH3 is 1. The molecule has 0 aliphatic rings. The summed E-state index contributed by atoms with van der Waals surface area (Å²) in [5, 5.41) is 0. The summed E-state index contributed by atoms with van der Waals surface area (Å²) in [7, 11) is 1.33. The van der Waals surface area contributed by atoms with E-state index >= 15 is 0 Å². The van der Waals surface area contributed by atoms with Crippen molar-refractivity contribution in [1.29, 1.82) is 0 Å². The second kappa shape index (κ2) is 8.20. The molecule has 0 bridgehead atoms. The second-order valence-electron chi connectivity index (χ2n) is 5.77. The third kappa shape index (κ3) is 4.22. The van der Waals surface area contributed by atoms with Gasteiger partial charge in [0.05, 0.1) is 26.3 Å². The van der Waals surface area contributed by atoms with Crippen LogP contribution in [0.5, 0.6) is 0 Å². The van der Waals surface area contributed by atoms with Gasteiger partial charge in [0.1, 0.15) is 5.76 Å². The molecular weight excluding hydrogens is 332 g/mol. The molecule has 2 aromatic heterocycles. The van der Waals surface area contributed by atoms with Crippen molar-refractivity contribution in [2.75, 3.05) is 13.7 Å². The van der Waals surface area contributed by atoms with Crippen LogP contribution in [0.3, 0.4) is 0 Å². The van der Waals surface area contributed by atoms with E-state index in [1.165, 1.54) is 7.11 Å². The van der Waals surface area contributed by atoms with Crippen LogP contribution in [-0.2, 0) is 16.1 Å². The van der Waals surface area contributed by atoms with Gasteiger partial charge in [0.25, 0.3) is 5.91 Å². The molecule has 3 aromatic rings. The molecule has 0 aliphatic heterocycles. The molecule has 6 heteroatoms. The van der Waals surface area contributed by atoms with E-state index in [-0.39, 0.29) is 24.8 Å². The van der Waals surface area contributed by atoms with Gasteiger partial charge in [-0.2, -0.15) is 0 Å². The van der Waals surface area contributed by atoms with E-state index in [2.05, 4.69) is 4.74 Å². The molecule has 0 spiro atoms. The lowest BCUT2D eigenvalue weighted by atomic mass is 10.1. The minimum Gasteiger partial charge on any atom is -0.469 e. The zero-order valence-electron chi connectivity index (χ0n) is 14.5. The van der Waals surface area contributed by atoms with Crippen LogP contribution in [0.25, 0.3) is 5.69 Å². The van der Waals surface area contributed by atoms with Gasteiger partial charge < -0.3 is 18.6 Å². The molecule has 0 N–H and O–H groups in total. The molecule has 1 aromatic carbocycles. The van der Waals surface area contributed by atoms with Gasteiger partial charge in [0.15, 0.2) is 0 Å². The first kappa shape index (κ1) is 17.5. The summed E-state index contributed by atoms with van der Waals surface area (Å²) in [5.74, 6) is 0.140. The summed E-state index contributed by atoms with van der Waals surface area (Å²) in [4.78, 5) is 25.9. The molecule has 0 atom stereocenters. The number of ether oxygens (including phenoxy) is 1. The highest BCUT2D eigenvalue weighted by Crippen LogP contribution is 2.15. The van der Waals surface area contributed by atoms with Gasteiger partial charge in [-0.05, 0) is 48.5 Å². The highest BCUT2D eigenvalue weighted by molar-refractivity contribution is 5.94. The Morgan fingerprint density at radius 1 is 1.08 bits per heavy atom. The van der Waals surface area contributed by atoms with Crippen molar-refractivity contribution in [3.63, 3.8) is 0 Å². The van der Waals surface area contributed by atoms with Gasteiger partial charge in [0.2, 0.25) is 0 Å². The lowest BCUT2D eigenvalue weighted by Gasteiger charge is -2.21. The quantitative estimate of drug-likeness (QED) is 0.612. The summed E-state index contributed by atoms with van der Waals surface area (Å²) < 4.78 is 12.0. The normalized spacial score (nSPS) is 10.5. The third-order valence-electron chi connectivity index (χ3n) is 4.04. The van der Waals surface area contributed by atoms with Crippen LogP contribution in [0, 0.1) is 0 Å². The van der Waals surface area contributed by atoms with Gasteiger partial charge >= 0.3 is 5.97 Å². The number of nitrogens with zero attached hydrogens (tertiary/aromatic N) is 2. The largest absolute Gasteiger partial charge is 0.469 e. The number of furan rings is 1. The number of esters is 1. The third-order valence-corrected chi connectivity index (χ3v) is 4.04. The van der Waals surface area contributed by atoms with Crippen LogP contribution < -0.4 is 0 Å². The Balaban J connectivity index is 1.75. The summed E-state index contributed by atoms with van der Waals surface area (Å²) in [6.45, 7) is 0.549. The molecule has 0 saturated heterocycles. The molecule has 1 amide bonds. The molecule has 26 heavy (non-hydrogen) atoms. The monoisotopic (exact) mass is 352 g/mol. The second-order valence-corrected chi connectivity index (χ2v) is 5.77. The van der Waals surface area contributed by atoms with Crippen molar-refractivity contribution in [2.45, 2.75) is 13.0 Å².